The van der Waals surface area contributed by atoms with Crippen molar-refractivity contribution in [1.82, 2.24) is 15.5 Å². The number of fused-ring (bicyclic) bond motifs is 1. The molecule has 0 bridgehead atoms. The second-order valence-electron chi connectivity index (χ2n) is 7.41. The summed E-state index contributed by atoms with van der Waals surface area (Å²) in [7, 11) is 0. The molecule has 2 amide bonds. The molecular formula is C20H25N3O2. The number of hydrogen-bond acceptors (Lipinski definition) is 3. The number of carbonyl (C=O) groups is 2. The van der Waals surface area contributed by atoms with Gasteiger partial charge in [-0.25, -0.2) is 0 Å². The van der Waals surface area contributed by atoms with E-state index >= 15 is 0 Å². The van der Waals surface area contributed by atoms with Gasteiger partial charge in [0.1, 0.15) is 0 Å². The van der Waals surface area contributed by atoms with Crippen LogP contribution in [0.3, 0.4) is 0 Å². The largest absolute Gasteiger partial charge is 0.349 e. The molecule has 0 spiro atoms. The minimum atomic E-state index is -0.0566. The van der Waals surface area contributed by atoms with Gasteiger partial charge in [0.05, 0.1) is 6.04 Å². The van der Waals surface area contributed by atoms with E-state index < -0.39 is 0 Å². The maximum atomic E-state index is 12.5. The zero-order chi connectivity index (χ0) is 17.2. The van der Waals surface area contributed by atoms with E-state index in [0.29, 0.717) is 19.0 Å². The molecule has 2 N–H and O–H groups in total. The van der Waals surface area contributed by atoms with Crippen molar-refractivity contribution in [2.24, 2.45) is 5.92 Å². The molecule has 4 rings (SSSR count). The summed E-state index contributed by atoms with van der Waals surface area (Å²) in [6.45, 7) is 2.26. The molecule has 1 saturated heterocycles. The highest BCUT2D eigenvalue weighted by atomic mass is 16.2. The number of rotatable bonds is 6. The molecule has 0 aromatic heterocycles. The zero-order valence-electron chi connectivity index (χ0n) is 14.4. The van der Waals surface area contributed by atoms with E-state index in [-0.39, 0.29) is 23.9 Å². The summed E-state index contributed by atoms with van der Waals surface area (Å²) in [4.78, 5) is 26.6. The van der Waals surface area contributed by atoms with Gasteiger partial charge in [-0.1, -0.05) is 43.2 Å². The molecule has 1 aromatic rings. The smallest absolute Gasteiger partial charge is 0.246 e. The summed E-state index contributed by atoms with van der Waals surface area (Å²) in [5.41, 5.74) is 2.45. The topological polar surface area (TPSA) is 61.4 Å². The van der Waals surface area contributed by atoms with Crippen molar-refractivity contribution in [3.05, 3.63) is 47.5 Å². The van der Waals surface area contributed by atoms with E-state index in [1.165, 1.54) is 24.0 Å². The van der Waals surface area contributed by atoms with E-state index in [1.54, 1.807) is 6.08 Å². The van der Waals surface area contributed by atoms with E-state index in [2.05, 4.69) is 22.8 Å². The van der Waals surface area contributed by atoms with E-state index in [0.717, 1.165) is 19.4 Å². The molecule has 3 aliphatic rings. The molecule has 1 aromatic carbocycles. The highest BCUT2D eigenvalue weighted by Crippen LogP contribution is 2.33. The summed E-state index contributed by atoms with van der Waals surface area (Å²) < 4.78 is 0. The number of nitrogens with zero attached hydrogens (tertiary/aromatic N) is 1. The number of hydrogen-bond donors (Lipinski definition) is 2. The minimum absolute atomic E-state index is 0.0213. The summed E-state index contributed by atoms with van der Waals surface area (Å²) in [6.07, 6.45) is 7.83. The van der Waals surface area contributed by atoms with E-state index in [1.807, 2.05) is 23.1 Å². The van der Waals surface area contributed by atoms with Crippen LogP contribution in [0.5, 0.6) is 0 Å². The number of nitrogens with one attached hydrogen (secondary N) is 2. The fraction of sp³-hybridized carbons (Fsp3) is 0.500. The van der Waals surface area contributed by atoms with Crippen molar-refractivity contribution in [2.45, 2.75) is 50.9 Å². The lowest BCUT2D eigenvalue weighted by Crippen LogP contribution is -2.54. The van der Waals surface area contributed by atoms with Crippen molar-refractivity contribution in [2.75, 3.05) is 6.54 Å². The van der Waals surface area contributed by atoms with Crippen LogP contribution in [-0.4, -0.2) is 35.3 Å². The Morgan fingerprint density at radius 3 is 2.44 bits per heavy atom. The predicted molar refractivity (Wildman–Crippen MR) is 95.5 cm³/mol. The standard InChI is InChI=1S/C20H25N3O2/c24-19(23-12-15-3-1-2-4-16(15)13-23)8-7-17(11-14-5-6-14)22-20(25)18-9-10-21-18/h1-4,7-8,14,17-18,21H,5-6,9-13H2,(H,22,25)/t17-,18+/m1/s1. The maximum absolute atomic E-state index is 12.5. The highest BCUT2D eigenvalue weighted by Gasteiger charge is 2.29. The second-order valence-corrected chi connectivity index (χ2v) is 7.41. The lowest BCUT2D eigenvalue weighted by atomic mass is 10.0. The molecule has 2 fully saturated rings. The van der Waals surface area contributed by atoms with Gasteiger partial charge in [-0.15, -0.1) is 0 Å². The van der Waals surface area contributed by atoms with Gasteiger partial charge in [-0.05, 0) is 36.4 Å². The Morgan fingerprint density at radius 1 is 1.20 bits per heavy atom. The molecule has 132 valence electrons. The Kier molecular flexibility index (Phi) is 4.57. The van der Waals surface area contributed by atoms with Gasteiger partial charge < -0.3 is 15.5 Å². The van der Waals surface area contributed by atoms with Gasteiger partial charge in [-0.2, -0.15) is 0 Å². The molecular weight excluding hydrogens is 314 g/mol. The molecule has 5 nitrogen and oxygen atoms in total. The van der Waals surface area contributed by atoms with Gasteiger partial charge in [0.15, 0.2) is 0 Å². The van der Waals surface area contributed by atoms with E-state index in [4.69, 9.17) is 0 Å². The first-order valence-electron chi connectivity index (χ1n) is 9.26. The Labute approximate surface area is 148 Å². The molecule has 0 radical (unpaired) electrons. The van der Waals surface area contributed by atoms with Crippen molar-refractivity contribution in [3.8, 4) is 0 Å². The van der Waals surface area contributed by atoms with Crippen LogP contribution in [-0.2, 0) is 22.7 Å². The molecule has 2 heterocycles. The Morgan fingerprint density at radius 2 is 1.88 bits per heavy atom. The first kappa shape index (κ1) is 16.3. The number of carbonyl (C=O) groups excluding carboxylic acids is 2. The third-order valence-corrected chi connectivity index (χ3v) is 5.38. The predicted octanol–water partition coefficient (Wildman–Crippen LogP) is 1.73. The average molecular weight is 339 g/mol. The Bertz CT molecular complexity index is 667. The molecule has 2 aliphatic heterocycles. The zero-order valence-corrected chi connectivity index (χ0v) is 14.4. The van der Waals surface area contributed by atoms with Gasteiger partial charge >= 0.3 is 0 Å². The summed E-state index contributed by atoms with van der Waals surface area (Å²) in [5, 5.41) is 6.22. The van der Waals surface area contributed by atoms with Crippen LogP contribution in [0.15, 0.2) is 36.4 Å². The van der Waals surface area contributed by atoms with Crippen LogP contribution < -0.4 is 10.6 Å². The van der Waals surface area contributed by atoms with Crippen molar-refractivity contribution < 1.29 is 9.59 Å². The monoisotopic (exact) mass is 339 g/mol. The van der Waals surface area contributed by atoms with Crippen molar-refractivity contribution in [1.29, 1.82) is 0 Å². The molecule has 1 saturated carbocycles. The third kappa shape index (κ3) is 3.93. The number of amides is 2. The molecule has 2 atom stereocenters. The summed E-state index contributed by atoms with van der Waals surface area (Å²) in [6, 6.07) is 8.08. The minimum Gasteiger partial charge on any atom is -0.349 e. The normalized spacial score (nSPS) is 23.2. The fourth-order valence-corrected chi connectivity index (χ4v) is 3.49. The first-order valence-corrected chi connectivity index (χ1v) is 9.26. The van der Waals surface area contributed by atoms with Gasteiger partial charge in [0.2, 0.25) is 11.8 Å². The highest BCUT2D eigenvalue weighted by molar-refractivity contribution is 5.88. The maximum Gasteiger partial charge on any atom is 0.246 e. The molecule has 1 aliphatic carbocycles. The van der Waals surface area contributed by atoms with Crippen LogP contribution in [0.4, 0.5) is 0 Å². The van der Waals surface area contributed by atoms with E-state index in [9.17, 15) is 9.59 Å². The lowest BCUT2D eigenvalue weighted by molar-refractivity contribution is -0.127. The van der Waals surface area contributed by atoms with Crippen molar-refractivity contribution in [3.63, 3.8) is 0 Å². The van der Waals surface area contributed by atoms with Crippen LogP contribution in [0.1, 0.15) is 36.8 Å². The molecule has 5 heteroatoms. The SMILES string of the molecule is O=C(N[C@H](C=CC(=O)N1Cc2ccccc2C1)CC1CC1)[C@@H]1CCN1. The summed E-state index contributed by atoms with van der Waals surface area (Å²) in [5.74, 6) is 0.769. The summed E-state index contributed by atoms with van der Waals surface area (Å²) >= 11 is 0. The fourth-order valence-electron chi connectivity index (χ4n) is 3.49. The average Bonchev–Trinajstić information content (AvgIpc) is 3.25. The first-order chi connectivity index (χ1) is 12.2. The van der Waals surface area contributed by atoms with Crippen LogP contribution in [0, 0.1) is 5.92 Å². The quantitative estimate of drug-likeness (QED) is 0.776. The second kappa shape index (κ2) is 7.00. The number of benzene rings is 1. The van der Waals surface area contributed by atoms with Gasteiger partial charge in [0, 0.05) is 25.2 Å². The van der Waals surface area contributed by atoms with Gasteiger partial charge in [-0.3, -0.25) is 9.59 Å². The molecule has 25 heavy (non-hydrogen) atoms. The lowest BCUT2D eigenvalue weighted by Gasteiger charge is -2.28. The van der Waals surface area contributed by atoms with Crippen LogP contribution >= 0.6 is 0 Å². The molecule has 0 unspecified atom stereocenters. The van der Waals surface area contributed by atoms with Crippen LogP contribution in [0.2, 0.25) is 0 Å². The Balaban J connectivity index is 1.35. The van der Waals surface area contributed by atoms with Gasteiger partial charge in [0.25, 0.3) is 0 Å². The Hall–Kier alpha value is -2.14. The third-order valence-electron chi connectivity index (χ3n) is 5.38. The van der Waals surface area contributed by atoms with Crippen molar-refractivity contribution >= 4 is 11.8 Å². The van der Waals surface area contributed by atoms with Crippen LogP contribution in [0.25, 0.3) is 0 Å².